The number of rotatable bonds is 7. The molecule has 1 aliphatic heterocycles. The Morgan fingerprint density at radius 2 is 1.80 bits per heavy atom. The molecule has 0 aromatic heterocycles. The van der Waals surface area contributed by atoms with E-state index >= 15 is 0 Å². The Hall–Kier alpha value is -2.12. The summed E-state index contributed by atoms with van der Waals surface area (Å²) in [5, 5.41) is 5.40. The third-order valence-electron chi connectivity index (χ3n) is 4.32. The van der Waals surface area contributed by atoms with Crippen molar-refractivity contribution in [1.29, 1.82) is 0 Å². The Kier molecular flexibility index (Phi) is 7.69. The van der Waals surface area contributed by atoms with Gasteiger partial charge in [-0.2, -0.15) is 0 Å². The Labute approximate surface area is 149 Å². The van der Waals surface area contributed by atoms with Gasteiger partial charge in [0.05, 0.1) is 24.6 Å². The summed E-state index contributed by atoms with van der Waals surface area (Å²) in [6.45, 7) is 10.0. The number of benzene rings is 1. The second kappa shape index (κ2) is 10.0. The fourth-order valence-corrected chi connectivity index (χ4v) is 2.79. The van der Waals surface area contributed by atoms with Crippen LogP contribution in [0.1, 0.15) is 13.8 Å². The number of likely N-dealkylation sites (N-methyl/N-ethyl adjacent to an activating group) is 1. The quantitative estimate of drug-likeness (QED) is 0.717. The number of hydrogen-bond acceptors (Lipinski definition) is 5. The maximum atomic E-state index is 12.2. The van der Waals surface area contributed by atoms with E-state index in [0.717, 1.165) is 38.4 Å². The lowest BCUT2D eigenvalue weighted by Crippen LogP contribution is -2.41. The highest BCUT2D eigenvalue weighted by atomic mass is 16.5. The predicted molar refractivity (Wildman–Crippen MR) is 98.9 cm³/mol. The number of para-hydroxylation sites is 2. The lowest BCUT2D eigenvalue weighted by Gasteiger charge is -2.30. The normalized spacial score (nSPS) is 14.4. The van der Waals surface area contributed by atoms with Gasteiger partial charge in [0.25, 0.3) is 0 Å². The van der Waals surface area contributed by atoms with Crippen molar-refractivity contribution >= 4 is 23.2 Å². The van der Waals surface area contributed by atoms with Crippen LogP contribution < -0.4 is 15.5 Å². The van der Waals surface area contributed by atoms with Crippen molar-refractivity contribution in [3.8, 4) is 0 Å². The highest BCUT2D eigenvalue weighted by molar-refractivity contribution is 6.39. The number of carbonyl (C=O) groups is 2. The third kappa shape index (κ3) is 5.72. The first-order chi connectivity index (χ1) is 12.2. The summed E-state index contributed by atoms with van der Waals surface area (Å²) in [6.07, 6.45) is 0. The molecule has 1 aliphatic rings. The Bertz CT molecular complexity index is 569. The summed E-state index contributed by atoms with van der Waals surface area (Å²) in [5.41, 5.74) is 1.56. The first kappa shape index (κ1) is 19.2. The largest absolute Gasteiger partial charge is 0.378 e. The maximum absolute atomic E-state index is 12.2. The average molecular weight is 348 g/mol. The van der Waals surface area contributed by atoms with Crippen LogP contribution in [0.2, 0.25) is 0 Å². The Balaban J connectivity index is 1.90. The molecule has 0 saturated carbocycles. The van der Waals surface area contributed by atoms with Gasteiger partial charge in [-0.25, -0.2) is 0 Å². The fraction of sp³-hybridized carbons (Fsp3) is 0.556. The molecular weight excluding hydrogens is 320 g/mol. The van der Waals surface area contributed by atoms with Gasteiger partial charge in [0.15, 0.2) is 0 Å². The molecule has 7 nitrogen and oxygen atoms in total. The van der Waals surface area contributed by atoms with Crippen LogP contribution in [-0.2, 0) is 14.3 Å². The van der Waals surface area contributed by atoms with Gasteiger partial charge in [-0.3, -0.25) is 9.59 Å². The van der Waals surface area contributed by atoms with E-state index in [1.54, 1.807) is 0 Å². The molecule has 1 saturated heterocycles. The van der Waals surface area contributed by atoms with Crippen molar-refractivity contribution in [3.05, 3.63) is 24.3 Å². The van der Waals surface area contributed by atoms with Crippen LogP contribution in [0.3, 0.4) is 0 Å². The number of nitrogens with zero attached hydrogens (tertiary/aromatic N) is 2. The van der Waals surface area contributed by atoms with Crippen LogP contribution in [0.15, 0.2) is 24.3 Å². The third-order valence-corrected chi connectivity index (χ3v) is 4.32. The monoisotopic (exact) mass is 348 g/mol. The summed E-state index contributed by atoms with van der Waals surface area (Å²) < 4.78 is 5.37. The van der Waals surface area contributed by atoms with Crippen molar-refractivity contribution in [2.45, 2.75) is 13.8 Å². The van der Waals surface area contributed by atoms with E-state index in [0.29, 0.717) is 25.4 Å². The molecular formula is C18H28N4O3. The predicted octanol–water partition coefficient (Wildman–Crippen LogP) is 0.920. The van der Waals surface area contributed by atoms with E-state index in [9.17, 15) is 9.59 Å². The molecule has 0 radical (unpaired) electrons. The van der Waals surface area contributed by atoms with Gasteiger partial charge < -0.3 is 25.2 Å². The second-order valence-corrected chi connectivity index (χ2v) is 5.85. The minimum atomic E-state index is -0.639. The molecule has 0 atom stereocenters. The van der Waals surface area contributed by atoms with Crippen molar-refractivity contribution in [2.75, 3.05) is 62.7 Å². The fourth-order valence-electron chi connectivity index (χ4n) is 2.79. The summed E-state index contributed by atoms with van der Waals surface area (Å²) in [6, 6.07) is 7.52. The van der Waals surface area contributed by atoms with E-state index in [4.69, 9.17) is 4.74 Å². The molecule has 2 amide bonds. The van der Waals surface area contributed by atoms with Crippen molar-refractivity contribution in [3.63, 3.8) is 0 Å². The molecule has 2 N–H and O–H groups in total. The van der Waals surface area contributed by atoms with E-state index < -0.39 is 11.8 Å². The molecule has 2 rings (SSSR count). The molecule has 1 aromatic carbocycles. The standard InChI is InChI=1S/C18H28N4O3/c1-3-21(4-2)10-9-19-17(23)18(24)20-15-7-5-6-8-16(15)22-11-13-25-14-12-22/h5-8H,3-4,9-14H2,1-2H3,(H,19,23)(H,20,24). The summed E-state index contributed by atoms with van der Waals surface area (Å²) in [5.74, 6) is -1.25. The minimum Gasteiger partial charge on any atom is -0.378 e. The molecule has 1 aromatic rings. The van der Waals surface area contributed by atoms with Gasteiger partial charge >= 0.3 is 11.8 Å². The number of amides is 2. The molecule has 0 aliphatic carbocycles. The highest BCUT2D eigenvalue weighted by Crippen LogP contribution is 2.26. The summed E-state index contributed by atoms with van der Waals surface area (Å²) in [4.78, 5) is 28.5. The number of nitrogens with one attached hydrogen (secondary N) is 2. The molecule has 138 valence electrons. The van der Waals surface area contributed by atoms with E-state index in [1.807, 2.05) is 24.3 Å². The van der Waals surface area contributed by atoms with Gasteiger partial charge in [-0.1, -0.05) is 26.0 Å². The van der Waals surface area contributed by atoms with E-state index in [2.05, 4.69) is 34.3 Å². The lowest BCUT2D eigenvalue weighted by molar-refractivity contribution is -0.136. The molecule has 0 bridgehead atoms. The van der Waals surface area contributed by atoms with Gasteiger partial charge in [0, 0.05) is 26.2 Å². The zero-order chi connectivity index (χ0) is 18.1. The van der Waals surface area contributed by atoms with Crippen molar-refractivity contribution in [1.82, 2.24) is 10.2 Å². The minimum absolute atomic E-state index is 0.457. The second-order valence-electron chi connectivity index (χ2n) is 5.85. The maximum Gasteiger partial charge on any atom is 0.313 e. The van der Waals surface area contributed by atoms with E-state index in [1.165, 1.54) is 0 Å². The molecule has 1 heterocycles. The number of hydrogen-bond donors (Lipinski definition) is 2. The SMILES string of the molecule is CCN(CC)CCNC(=O)C(=O)Nc1ccccc1N1CCOCC1. The van der Waals surface area contributed by atoms with Crippen LogP contribution >= 0.6 is 0 Å². The molecule has 7 heteroatoms. The van der Waals surface area contributed by atoms with E-state index in [-0.39, 0.29) is 0 Å². The molecule has 0 spiro atoms. The Morgan fingerprint density at radius 1 is 1.12 bits per heavy atom. The highest BCUT2D eigenvalue weighted by Gasteiger charge is 2.18. The summed E-state index contributed by atoms with van der Waals surface area (Å²) in [7, 11) is 0. The van der Waals surface area contributed by atoms with Gasteiger partial charge in [0.1, 0.15) is 0 Å². The first-order valence-corrected chi connectivity index (χ1v) is 8.89. The van der Waals surface area contributed by atoms with Crippen molar-refractivity contribution in [2.24, 2.45) is 0 Å². The number of ether oxygens (including phenoxy) is 1. The van der Waals surface area contributed by atoms with Crippen LogP contribution in [0.4, 0.5) is 11.4 Å². The summed E-state index contributed by atoms with van der Waals surface area (Å²) >= 11 is 0. The van der Waals surface area contributed by atoms with Gasteiger partial charge in [0.2, 0.25) is 0 Å². The first-order valence-electron chi connectivity index (χ1n) is 8.89. The average Bonchev–Trinajstić information content (AvgIpc) is 2.66. The van der Waals surface area contributed by atoms with Crippen molar-refractivity contribution < 1.29 is 14.3 Å². The van der Waals surface area contributed by atoms with Gasteiger partial charge in [-0.15, -0.1) is 0 Å². The smallest absolute Gasteiger partial charge is 0.313 e. The van der Waals surface area contributed by atoms with Gasteiger partial charge in [-0.05, 0) is 25.2 Å². The zero-order valence-corrected chi connectivity index (χ0v) is 15.1. The number of carbonyl (C=O) groups excluding carboxylic acids is 2. The van der Waals surface area contributed by atoms with Crippen LogP contribution in [0.25, 0.3) is 0 Å². The van der Waals surface area contributed by atoms with Crippen LogP contribution in [0.5, 0.6) is 0 Å². The van der Waals surface area contributed by atoms with Crippen LogP contribution in [0, 0.1) is 0 Å². The van der Waals surface area contributed by atoms with Crippen LogP contribution in [-0.4, -0.2) is 69.2 Å². The molecule has 1 fully saturated rings. The molecule has 0 unspecified atom stereocenters. The molecule has 25 heavy (non-hydrogen) atoms. The zero-order valence-electron chi connectivity index (χ0n) is 15.1. The number of morpholine rings is 1. The topological polar surface area (TPSA) is 73.9 Å². The number of anilines is 2. The lowest BCUT2D eigenvalue weighted by atomic mass is 10.2. The Morgan fingerprint density at radius 3 is 2.48 bits per heavy atom.